The Kier molecular flexibility index (Phi) is 12.5. The molecule has 3 aromatic rings. The van der Waals surface area contributed by atoms with E-state index in [0.717, 1.165) is 6.54 Å². The predicted octanol–water partition coefficient (Wildman–Crippen LogP) is 1.94. The highest BCUT2D eigenvalue weighted by Crippen LogP contribution is 2.38. The molecule has 2 atom stereocenters. The van der Waals surface area contributed by atoms with E-state index in [0.29, 0.717) is 77.2 Å². The van der Waals surface area contributed by atoms with Crippen LogP contribution >= 0.6 is 0 Å². The highest BCUT2D eigenvalue weighted by Gasteiger charge is 2.37. The number of aliphatic hydroxyl groups excluding tert-OH is 1. The van der Waals surface area contributed by atoms with Gasteiger partial charge in [-0.15, -0.1) is 0 Å². The van der Waals surface area contributed by atoms with Crippen molar-refractivity contribution in [1.29, 1.82) is 0 Å². The summed E-state index contributed by atoms with van der Waals surface area (Å²) < 4.78 is 16.1. The molecule has 1 fully saturated rings. The van der Waals surface area contributed by atoms with E-state index in [1.54, 1.807) is 36.4 Å². The molecule has 1 unspecified atom stereocenters. The molecule has 4 rings (SSSR count). The van der Waals surface area contributed by atoms with E-state index in [1.807, 2.05) is 19.0 Å². The Bertz CT molecular complexity index is 1610. The molecule has 4 N–H and O–H groups in total. The van der Waals surface area contributed by atoms with Crippen LogP contribution in [-0.2, 0) is 20.9 Å². The molecule has 0 saturated carbocycles. The number of anilines is 1. The van der Waals surface area contributed by atoms with Gasteiger partial charge >= 0.3 is 0 Å². The van der Waals surface area contributed by atoms with Crippen molar-refractivity contribution in [3.8, 4) is 17.2 Å². The predicted molar refractivity (Wildman–Crippen MR) is 179 cm³/mol. The van der Waals surface area contributed by atoms with Crippen LogP contribution in [0.5, 0.6) is 17.2 Å². The molecule has 0 spiro atoms. The molecule has 14 nitrogen and oxygen atoms in total. The van der Waals surface area contributed by atoms with Gasteiger partial charge in [0.2, 0.25) is 17.6 Å². The van der Waals surface area contributed by atoms with Crippen LogP contribution in [0.3, 0.4) is 0 Å². The van der Waals surface area contributed by atoms with E-state index in [9.17, 15) is 24.3 Å². The van der Waals surface area contributed by atoms with Gasteiger partial charge in [0.15, 0.2) is 17.6 Å². The van der Waals surface area contributed by atoms with Gasteiger partial charge in [0.25, 0.3) is 11.8 Å². The molecule has 1 aromatic heterocycles. The number of aliphatic hydroxyl groups is 1. The number of carbonyl (C=O) groups is 4. The molecule has 0 radical (unpaired) electrons. The molecule has 2 aromatic carbocycles. The maximum atomic E-state index is 13.3. The summed E-state index contributed by atoms with van der Waals surface area (Å²) in [5.74, 6) is -0.441. The molecule has 48 heavy (non-hydrogen) atoms. The maximum absolute atomic E-state index is 13.3. The second-order valence-electron chi connectivity index (χ2n) is 11.7. The zero-order valence-corrected chi connectivity index (χ0v) is 28.0. The lowest BCUT2D eigenvalue weighted by Crippen LogP contribution is -2.51. The summed E-state index contributed by atoms with van der Waals surface area (Å²) in [6, 6.07) is 9.36. The van der Waals surface area contributed by atoms with Gasteiger partial charge < -0.3 is 45.1 Å². The molecule has 1 saturated heterocycles. The summed E-state index contributed by atoms with van der Waals surface area (Å²) in [6.45, 7) is 0.865. The van der Waals surface area contributed by atoms with Crippen molar-refractivity contribution in [2.24, 2.45) is 0 Å². The van der Waals surface area contributed by atoms with E-state index >= 15 is 0 Å². The fourth-order valence-corrected chi connectivity index (χ4v) is 5.73. The Morgan fingerprint density at radius 1 is 1.04 bits per heavy atom. The summed E-state index contributed by atoms with van der Waals surface area (Å²) >= 11 is 0. The van der Waals surface area contributed by atoms with Gasteiger partial charge in [-0.3, -0.25) is 24.2 Å². The number of pyridine rings is 1. The Hall–Kier alpha value is -4.95. The zero-order valence-electron chi connectivity index (χ0n) is 28.0. The molecule has 1 aliphatic rings. The first-order chi connectivity index (χ1) is 23.1. The number of hydrogen-bond acceptors (Lipinski definition) is 10. The smallest absolute Gasteiger partial charge is 0.252 e. The standard InChI is InChI=1S/C34H44N6O8/c1-39(2)15-8-12-28(41)38-24-10-6-9-22-23(13-14-35-30(22)24)33(44)37-20-29(42)40-16-7-11-25(40)31(43)34(45)36-19-21-17-26(46-3)32(48-5)27(18-21)47-4/h6,9-10,13-14,17-18,25,31,43H,7-8,11-12,15-16,19-20H2,1-5H3,(H,36,45)(H,37,44)(H,38,41)/t25-,31?/m0/s1. The van der Waals surface area contributed by atoms with Crippen molar-refractivity contribution in [2.45, 2.75) is 44.4 Å². The van der Waals surface area contributed by atoms with Gasteiger partial charge in [-0.25, -0.2) is 0 Å². The van der Waals surface area contributed by atoms with Gasteiger partial charge in [0, 0.05) is 31.1 Å². The number of hydrogen-bond donors (Lipinski definition) is 4. The van der Waals surface area contributed by atoms with E-state index in [-0.39, 0.29) is 19.0 Å². The number of ether oxygens (including phenoxy) is 3. The molecule has 0 aliphatic carbocycles. The fourth-order valence-electron chi connectivity index (χ4n) is 5.73. The number of para-hydroxylation sites is 1. The number of amides is 4. The van der Waals surface area contributed by atoms with Gasteiger partial charge in [0.1, 0.15) is 0 Å². The molecule has 2 heterocycles. The Balaban J connectivity index is 1.36. The third-order valence-electron chi connectivity index (χ3n) is 8.14. The SMILES string of the molecule is COc1cc(CNC(=O)C(O)[C@@H]2CCCN2C(=O)CNC(=O)c2ccnc3c(NC(=O)CCCN(C)C)cccc23)cc(OC)c1OC. The van der Waals surface area contributed by atoms with E-state index in [4.69, 9.17) is 14.2 Å². The molecule has 0 bridgehead atoms. The lowest BCUT2D eigenvalue weighted by molar-refractivity contribution is -0.138. The van der Waals surface area contributed by atoms with Crippen molar-refractivity contribution < 1.29 is 38.5 Å². The van der Waals surface area contributed by atoms with Gasteiger partial charge in [-0.1, -0.05) is 12.1 Å². The molecular weight excluding hydrogens is 620 g/mol. The first-order valence-corrected chi connectivity index (χ1v) is 15.7. The first kappa shape index (κ1) is 35.9. The normalized spacial score (nSPS) is 14.8. The van der Waals surface area contributed by atoms with E-state index in [2.05, 4.69) is 20.9 Å². The second kappa shape index (κ2) is 16.7. The molecule has 258 valence electrons. The average Bonchev–Trinajstić information content (AvgIpc) is 3.58. The third kappa shape index (κ3) is 8.69. The highest BCUT2D eigenvalue weighted by atomic mass is 16.5. The van der Waals surface area contributed by atoms with Crippen molar-refractivity contribution in [3.63, 3.8) is 0 Å². The van der Waals surface area contributed by atoms with Crippen LogP contribution in [0.25, 0.3) is 10.9 Å². The number of carbonyl (C=O) groups excluding carboxylic acids is 4. The summed E-state index contributed by atoms with van der Waals surface area (Å²) in [6.07, 6.45) is 2.07. The quantitative estimate of drug-likeness (QED) is 0.188. The number of rotatable bonds is 15. The minimum atomic E-state index is -1.48. The van der Waals surface area contributed by atoms with Gasteiger partial charge in [0.05, 0.1) is 50.7 Å². The van der Waals surface area contributed by atoms with Gasteiger partial charge in [-0.2, -0.15) is 0 Å². The van der Waals surface area contributed by atoms with E-state index in [1.165, 1.54) is 32.4 Å². The van der Waals surface area contributed by atoms with Crippen molar-refractivity contribution in [1.82, 2.24) is 25.4 Å². The summed E-state index contributed by atoms with van der Waals surface area (Å²) in [5.41, 5.74) is 1.90. The third-order valence-corrected chi connectivity index (χ3v) is 8.14. The number of likely N-dealkylation sites (tertiary alicyclic amines) is 1. The monoisotopic (exact) mass is 664 g/mol. The number of nitrogens with zero attached hydrogens (tertiary/aromatic N) is 3. The average molecular weight is 665 g/mol. The molecule has 4 amide bonds. The van der Waals surface area contributed by atoms with Gasteiger partial charge in [-0.05, 0) is 69.7 Å². The zero-order chi connectivity index (χ0) is 34.8. The van der Waals surface area contributed by atoms with Crippen molar-refractivity contribution >= 4 is 40.2 Å². The summed E-state index contributed by atoms with van der Waals surface area (Å²) in [5, 5.41) is 19.7. The Morgan fingerprint density at radius 3 is 2.44 bits per heavy atom. The van der Waals surface area contributed by atoms with Crippen LogP contribution in [0.1, 0.15) is 41.6 Å². The lowest BCUT2D eigenvalue weighted by Gasteiger charge is -2.28. The van der Waals surface area contributed by atoms with Crippen LogP contribution in [-0.4, -0.2) is 111 Å². The number of aromatic nitrogens is 1. The molecular formula is C34H44N6O8. The fraction of sp³-hybridized carbons (Fsp3) is 0.441. The number of benzene rings is 2. The minimum absolute atomic E-state index is 0.0745. The van der Waals surface area contributed by atoms with Crippen molar-refractivity contribution in [3.05, 3.63) is 53.7 Å². The summed E-state index contributed by atoms with van der Waals surface area (Å²) in [7, 11) is 8.36. The minimum Gasteiger partial charge on any atom is -0.493 e. The molecule has 1 aliphatic heterocycles. The highest BCUT2D eigenvalue weighted by molar-refractivity contribution is 6.10. The van der Waals surface area contributed by atoms with Crippen molar-refractivity contribution in [2.75, 3.05) is 60.4 Å². The number of nitrogens with one attached hydrogen (secondary N) is 3. The largest absolute Gasteiger partial charge is 0.493 e. The number of fused-ring (bicyclic) bond motifs is 1. The Labute approximate surface area is 279 Å². The van der Waals surface area contributed by atoms with Crippen LogP contribution in [0.2, 0.25) is 0 Å². The topological polar surface area (TPSA) is 172 Å². The maximum Gasteiger partial charge on any atom is 0.252 e. The van der Waals surface area contributed by atoms with E-state index < -0.39 is 29.9 Å². The Morgan fingerprint density at radius 2 is 1.77 bits per heavy atom. The number of methoxy groups -OCH3 is 3. The van der Waals surface area contributed by atoms with Crippen LogP contribution in [0.15, 0.2) is 42.6 Å². The van der Waals surface area contributed by atoms with Crippen LogP contribution in [0.4, 0.5) is 5.69 Å². The second-order valence-corrected chi connectivity index (χ2v) is 11.7. The van der Waals surface area contributed by atoms with Crippen LogP contribution in [0, 0.1) is 0 Å². The van der Waals surface area contributed by atoms with Crippen LogP contribution < -0.4 is 30.2 Å². The lowest BCUT2D eigenvalue weighted by atomic mass is 10.1. The molecule has 14 heteroatoms. The summed E-state index contributed by atoms with van der Waals surface area (Å²) in [4.78, 5) is 59.8. The first-order valence-electron chi connectivity index (χ1n) is 15.7.